The summed E-state index contributed by atoms with van der Waals surface area (Å²) in [4.78, 5) is 10.7. The molecular weight excluding hydrogens is 904 g/mol. The summed E-state index contributed by atoms with van der Waals surface area (Å²) in [6.07, 6.45) is 0. The second-order valence-electron chi connectivity index (χ2n) is 14.0. The van der Waals surface area contributed by atoms with Crippen LogP contribution in [-0.2, 0) is 25.5 Å². The van der Waals surface area contributed by atoms with Crippen molar-refractivity contribution in [3.05, 3.63) is 144 Å². The number of imidazole rings is 1. The molecule has 0 aliphatic carbocycles. The number of halogens is 1. The van der Waals surface area contributed by atoms with Crippen molar-refractivity contribution in [2.45, 2.75) is 40.0 Å². The number of benzene rings is 6. The number of para-hydroxylation sites is 1. The summed E-state index contributed by atoms with van der Waals surface area (Å²) in [6.45, 7) is 11.0. The summed E-state index contributed by atoms with van der Waals surface area (Å²) in [5.41, 5.74) is 14.3. The first-order valence-electron chi connectivity index (χ1n) is 16.6. The topological polar surface area (TPSA) is 35.1 Å². The standard InChI is InChI=1S/C44H35N4.HI.Ir/c1-27-23-37-40(24-28(27)2)48-42(45-37)34-18-12-17-33(41(34)46-43(48)44(3,4)5)31-20-22-39-36(26-31)35-25-30(29-13-8-6-9-14-29)19-21-38(35)47(39)32-15-10-7-11-16-32;;/h6-17,19-26H,1-5H3;1H;/q-1;;. The molecule has 0 atom stereocenters. The summed E-state index contributed by atoms with van der Waals surface area (Å²) < 4.78 is 4.63. The number of hydrogen-bond donors (Lipinski definition) is 0. The minimum absolute atomic E-state index is 0. The van der Waals surface area contributed by atoms with Gasteiger partial charge in [0.25, 0.3) is 0 Å². The predicted octanol–water partition coefficient (Wildman–Crippen LogP) is 11.8. The van der Waals surface area contributed by atoms with Crippen LogP contribution in [0.25, 0.3) is 77.3 Å². The molecule has 0 aliphatic rings. The van der Waals surface area contributed by atoms with E-state index < -0.39 is 0 Å². The summed E-state index contributed by atoms with van der Waals surface area (Å²) >= 11 is 0. The van der Waals surface area contributed by atoms with Crippen LogP contribution in [0.3, 0.4) is 0 Å². The van der Waals surface area contributed by atoms with Gasteiger partial charge in [-0.05, 0) is 95.7 Å². The molecule has 6 aromatic carbocycles. The maximum Gasteiger partial charge on any atom is 0.102 e. The Labute approximate surface area is 322 Å². The molecule has 0 aliphatic heterocycles. The minimum Gasteiger partial charge on any atom is -0.321 e. The van der Waals surface area contributed by atoms with Crippen LogP contribution in [0.2, 0.25) is 0 Å². The van der Waals surface area contributed by atoms with E-state index in [1.807, 2.05) is 6.07 Å². The molecule has 9 rings (SSSR count). The Balaban J connectivity index is 0.00000196. The quantitative estimate of drug-likeness (QED) is 0.131. The normalized spacial score (nSPS) is 11.8. The molecule has 0 N–H and O–H groups in total. The van der Waals surface area contributed by atoms with Gasteiger partial charge in [-0.1, -0.05) is 92.4 Å². The Kier molecular flexibility index (Phi) is 8.70. The Morgan fingerprint density at radius 2 is 1.24 bits per heavy atom. The first kappa shape index (κ1) is 34.1. The summed E-state index contributed by atoms with van der Waals surface area (Å²) in [7, 11) is 0. The van der Waals surface area contributed by atoms with Crippen LogP contribution in [0.15, 0.2) is 121 Å². The van der Waals surface area contributed by atoms with Crippen molar-refractivity contribution in [3.8, 4) is 27.9 Å². The van der Waals surface area contributed by atoms with Crippen molar-refractivity contribution in [3.63, 3.8) is 0 Å². The average molecular weight is 940 g/mol. The molecule has 9 aromatic rings. The van der Waals surface area contributed by atoms with Crippen LogP contribution in [0, 0.1) is 19.9 Å². The second-order valence-corrected chi connectivity index (χ2v) is 14.0. The van der Waals surface area contributed by atoms with Gasteiger partial charge in [0.2, 0.25) is 0 Å². The number of rotatable bonds is 3. The maximum atomic E-state index is 5.46. The van der Waals surface area contributed by atoms with E-state index in [0.29, 0.717) is 0 Å². The zero-order valence-electron chi connectivity index (χ0n) is 28.6. The van der Waals surface area contributed by atoms with E-state index in [0.717, 1.165) is 50.2 Å². The molecule has 0 amide bonds. The Bertz CT molecular complexity index is 2720. The molecule has 0 saturated carbocycles. The number of nitrogens with zero attached hydrogens (tertiary/aromatic N) is 4. The van der Waals surface area contributed by atoms with Crippen LogP contribution < -0.4 is 0 Å². The van der Waals surface area contributed by atoms with Crippen LogP contribution in [0.1, 0.15) is 37.7 Å². The molecule has 0 spiro atoms. The molecule has 0 saturated heterocycles. The summed E-state index contributed by atoms with van der Waals surface area (Å²) in [5.74, 6) is 0.992. The summed E-state index contributed by atoms with van der Waals surface area (Å²) in [6, 6.07) is 47.1. The minimum atomic E-state index is -0.215. The second kappa shape index (κ2) is 12.8. The predicted molar refractivity (Wildman–Crippen MR) is 216 cm³/mol. The van der Waals surface area contributed by atoms with E-state index >= 15 is 0 Å². The first-order chi connectivity index (χ1) is 23.3. The molecule has 4 nitrogen and oxygen atoms in total. The third kappa shape index (κ3) is 5.36. The van der Waals surface area contributed by atoms with Crippen molar-refractivity contribution in [2.24, 2.45) is 0 Å². The molecule has 1 radical (unpaired) electrons. The zero-order valence-corrected chi connectivity index (χ0v) is 33.3. The van der Waals surface area contributed by atoms with Gasteiger partial charge in [-0.2, -0.15) is 0 Å². The molecule has 0 bridgehead atoms. The number of aromatic nitrogens is 4. The van der Waals surface area contributed by atoms with Gasteiger partial charge < -0.3 is 8.97 Å². The van der Waals surface area contributed by atoms with E-state index in [9.17, 15) is 0 Å². The molecule has 0 fully saturated rings. The molecule has 0 unspecified atom stereocenters. The molecule has 3 aromatic heterocycles. The first-order valence-corrected chi connectivity index (χ1v) is 16.6. The van der Waals surface area contributed by atoms with Crippen molar-refractivity contribution < 1.29 is 20.1 Å². The maximum absolute atomic E-state index is 5.46. The zero-order chi connectivity index (χ0) is 32.7. The van der Waals surface area contributed by atoms with Gasteiger partial charge >= 0.3 is 0 Å². The van der Waals surface area contributed by atoms with E-state index in [4.69, 9.17) is 9.97 Å². The fourth-order valence-electron chi connectivity index (χ4n) is 7.24. The van der Waals surface area contributed by atoms with Crippen molar-refractivity contribution in [1.29, 1.82) is 0 Å². The smallest absolute Gasteiger partial charge is 0.102 e. The van der Waals surface area contributed by atoms with Crippen LogP contribution in [0.4, 0.5) is 0 Å². The van der Waals surface area contributed by atoms with Crippen molar-refractivity contribution in [1.82, 2.24) is 18.9 Å². The van der Waals surface area contributed by atoms with Crippen LogP contribution in [-0.4, -0.2) is 18.9 Å². The van der Waals surface area contributed by atoms with Gasteiger partial charge in [-0.25, -0.2) is 0 Å². The molecule has 50 heavy (non-hydrogen) atoms. The molecule has 6 heteroatoms. The van der Waals surface area contributed by atoms with Gasteiger partial charge in [-0.15, -0.1) is 42.2 Å². The van der Waals surface area contributed by atoms with Gasteiger partial charge in [0.1, 0.15) is 5.82 Å². The van der Waals surface area contributed by atoms with Gasteiger partial charge in [0.15, 0.2) is 0 Å². The van der Waals surface area contributed by atoms with Gasteiger partial charge in [0, 0.05) is 42.0 Å². The van der Waals surface area contributed by atoms with E-state index in [1.54, 1.807) is 0 Å². The van der Waals surface area contributed by atoms with Gasteiger partial charge in [-0.3, -0.25) is 9.97 Å². The monoisotopic (exact) mass is 940 g/mol. The Hall–Kier alpha value is -4.36. The van der Waals surface area contributed by atoms with E-state index in [2.05, 4.69) is 165 Å². The molecule has 3 heterocycles. The van der Waals surface area contributed by atoms with E-state index in [1.165, 1.54) is 44.1 Å². The Morgan fingerprint density at radius 1 is 0.620 bits per heavy atom. The fraction of sp³-hybridized carbons (Fsp3) is 0.136. The third-order valence-corrected chi connectivity index (χ3v) is 9.76. The number of aryl methyl sites for hydroxylation is 2. The average Bonchev–Trinajstić information content (AvgIpc) is 3.63. The summed E-state index contributed by atoms with van der Waals surface area (Å²) in [5, 5.41) is 3.37. The fourth-order valence-corrected chi connectivity index (χ4v) is 7.24. The third-order valence-electron chi connectivity index (χ3n) is 9.76. The van der Waals surface area contributed by atoms with Crippen LogP contribution in [0.5, 0.6) is 0 Å². The number of fused-ring (bicyclic) bond motifs is 8. The van der Waals surface area contributed by atoms with Crippen LogP contribution >= 0.6 is 24.0 Å². The van der Waals surface area contributed by atoms with Crippen molar-refractivity contribution in [2.75, 3.05) is 0 Å². The number of hydrogen-bond acceptors (Lipinski definition) is 2. The van der Waals surface area contributed by atoms with E-state index in [-0.39, 0.29) is 49.5 Å². The Morgan fingerprint density at radius 3 is 1.92 bits per heavy atom. The molecular formula is C44H36IIrN4-. The van der Waals surface area contributed by atoms with Crippen molar-refractivity contribution >= 4 is 73.4 Å². The SMILES string of the molecule is Cc1cc2nc3c4[c-]ccc(-c5ccc6c(c5)c5cc(-c7ccccc7)ccc5n6-c5ccccc5)c4nc(C(C)(C)C)n3c2cc1C.I.[Ir]. The molecule has 249 valence electrons. The largest absolute Gasteiger partial charge is 0.321 e. The van der Waals surface area contributed by atoms with Gasteiger partial charge in [0.05, 0.1) is 27.7 Å².